The first-order valence-electron chi connectivity index (χ1n) is 7.38. The minimum atomic E-state index is -0.356. The third-order valence-electron chi connectivity index (χ3n) is 3.80. The highest BCUT2D eigenvalue weighted by Gasteiger charge is 2.22. The van der Waals surface area contributed by atoms with Crippen LogP contribution in [0.3, 0.4) is 0 Å². The molecule has 0 saturated carbocycles. The van der Waals surface area contributed by atoms with Crippen molar-refractivity contribution >= 4 is 22.4 Å². The standard InChI is InChI=1S/C19H15N3O/c1-14(19(23)21-18-8-4-5-15(11-18)12-20)22-10-9-16-6-2-3-7-17(16)13-22/h2-11,13-14H,1H3/p+1/t14-/m1/s1. The lowest BCUT2D eigenvalue weighted by molar-refractivity contribution is -0.704. The van der Waals surface area contributed by atoms with Crippen molar-refractivity contribution in [2.75, 3.05) is 5.32 Å². The van der Waals surface area contributed by atoms with Gasteiger partial charge in [-0.25, -0.2) is 0 Å². The maximum Gasteiger partial charge on any atom is 0.293 e. The zero-order valence-corrected chi connectivity index (χ0v) is 12.7. The van der Waals surface area contributed by atoms with E-state index in [0.717, 1.165) is 10.8 Å². The second-order valence-electron chi connectivity index (χ2n) is 5.38. The van der Waals surface area contributed by atoms with Gasteiger partial charge in [-0.1, -0.05) is 24.3 Å². The maximum absolute atomic E-state index is 12.4. The third-order valence-corrected chi connectivity index (χ3v) is 3.80. The Hall–Kier alpha value is -3.19. The number of carbonyl (C=O) groups is 1. The average Bonchev–Trinajstić information content (AvgIpc) is 2.60. The SMILES string of the molecule is C[C@H](C(=O)Nc1cccc(C#N)c1)[n+]1ccc2ccccc2c1. The molecular weight excluding hydrogens is 286 g/mol. The van der Waals surface area contributed by atoms with Crippen LogP contribution in [0.1, 0.15) is 18.5 Å². The summed E-state index contributed by atoms with van der Waals surface area (Å²) >= 11 is 0. The minimum absolute atomic E-state index is 0.125. The summed E-state index contributed by atoms with van der Waals surface area (Å²) in [4.78, 5) is 12.4. The number of nitriles is 1. The molecule has 0 unspecified atom stereocenters. The molecule has 0 aliphatic heterocycles. The zero-order valence-electron chi connectivity index (χ0n) is 12.7. The Kier molecular flexibility index (Phi) is 4.03. The number of carbonyl (C=O) groups excluding carboxylic acids is 1. The van der Waals surface area contributed by atoms with Crippen molar-refractivity contribution in [2.45, 2.75) is 13.0 Å². The fraction of sp³-hybridized carbons (Fsp3) is 0.105. The summed E-state index contributed by atoms with van der Waals surface area (Å²) in [7, 11) is 0. The number of benzene rings is 2. The number of rotatable bonds is 3. The number of nitrogens with zero attached hydrogens (tertiary/aromatic N) is 2. The van der Waals surface area contributed by atoms with E-state index >= 15 is 0 Å². The lowest BCUT2D eigenvalue weighted by Gasteiger charge is -2.09. The van der Waals surface area contributed by atoms with Crippen LogP contribution in [0.5, 0.6) is 0 Å². The van der Waals surface area contributed by atoms with Crippen molar-refractivity contribution in [3.8, 4) is 6.07 Å². The van der Waals surface area contributed by atoms with Gasteiger partial charge in [-0.3, -0.25) is 4.79 Å². The van der Waals surface area contributed by atoms with E-state index in [4.69, 9.17) is 5.26 Å². The quantitative estimate of drug-likeness (QED) is 0.755. The van der Waals surface area contributed by atoms with Gasteiger partial charge in [-0.05, 0) is 29.7 Å². The Bertz CT molecular complexity index is 912. The van der Waals surface area contributed by atoms with Gasteiger partial charge < -0.3 is 5.32 Å². The molecule has 0 bridgehead atoms. The highest BCUT2D eigenvalue weighted by molar-refractivity contribution is 5.92. The van der Waals surface area contributed by atoms with E-state index in [9.17, 15) is 4.79 Å². The van der Waals surface area contributed by atoms with Crippen molar-refractivity contribution < 1.29 is 9.36 Å². The molecule has 4 heteroatoms. The van der Waals surface area contributed by atoms with Gasteiger partial charge in [-0.15, -0.1) is 0 Å². The molecule has 0 saturated heterocycles. The zero-order chi connectivity index (χ0) is 16.2. The number of anilines is 1. The molecule has 23 heavy (non-hydrogen) atoms. The Labute approximate surface area is 134 Å². The number of amides is 1. The van der Waals surface area contributed by atoms with Gasteiger partial charge in [0.25, 0.3) is 5.91 Å². The number of hydrogen-bond donors (Lipinski definition) is 1. The third kappa shape index (κ3) is 3.19. The van der Waals surface area contributed by atoms with Crippen LogP contribution in [-0.2, 0) is 4.79 Å². The van der Waals surface area contributed by atoms with E-state index < -0.39 is 0 Å². The fourth-order valence-electron chi connectivity index (χ4n) is 2.44. The molecule has 3 aromatic rings. The highest BCUT2D eigenvalue weighted by Crippen LogP contribution is 2.13. The van der Waals surface area contributed by atoms with Crippen LogP contribution in [0.4, 0.5) is 5.69 Å². The van der Waals surface area contributed by atoms with Gasteiger partial charge in [0.15, 0.2) is 12.4 Å². The van der Waals surface area contributed by atoms with Crippen molar-refractivity contribution in [1.29, 1.82) is 5.26 Å². The first-order valence-corrected chi connectivity index (χ1v) is 7.38. The Balaban J connectivity index is 1.81. The predicted octanol–water partition coefficient (Wildman–Crippen LogP) is 3.20. The fourth-order valence-corrected chi connectivity index (χ4v) is 2.44. The van der Waals surface area contributed by atoms with Gasteiger partial charge in [0.2, 0.25) is 6.04 Å². The van der Waals surface area contributed by atoms with Gasteiger partial charge >= 0.3 is 0 Å². The summed E-state index contributed by atoms with van der Waals surface area (Å²) in [6, 6.07) is 18.6. The lowest BCUT2D eigenvalue weighted by Crippen LogP contribution is -2.44. The lowest BCUT2D eigenvalue weighted by atomic mass is 10.1. The molecule has 0 aliphatic carbocycles. The summed E-state index contributed by atoms with van der Waals surface area (Å²) in [6.45, 7) is 1.85. The second kappa shape index (κ2) is 6.29. The topological polar surface area (TPSA) is 56.8 Å². The van der Waals surface area contributed by atoms with Crippen LogP contribution in [-0.4, -0.2) is 5.91 Å². The molecular formula is C19H16N3O+. The van der Waals surface area contributed by atoms with Crippen LogP contribution in [0.2, 0.25) is 0 Å². The van der Waals surface area contributed by atoms with Gasteiger partial charge in [0.1, 0.15) is 0 Å². The molecule has 112 valence electrons. The molecule has 3 rings (SSSR count). The molecule has 1 aromatic heterocycles. The van der Waals surface area contributed by atoms with Crippen LogP contribution in [0.15, 0.2) is 67.0 Å². The number of pyridine rings is 1. The monoisotopic (exact) mass is 302 g/mol. The van der Waals surface area contributed by atoms with E-state index in [1.54, 1.807) is 24.3 Å². The average molecular weight is 302 g/mol. The molecule has 0 fully saturated rings. The van der Waals surface area contributed by atoms with Crippen LogP contribution >= 0.6 is 0 Å². The predicted molar refractivity (Wildman–Crippen MR) is 88.6 cm³/mol. The van der Waals surface area contributed by atoms with Crippen molar-refractivity contribution in [3.05, 3.63) is 72.6 Å². The molecule has 0 radical (unpaired) electrons. The van der Waals surface area contributed by atoms with Crippen LogP contribution in [0.25, 0.3) is 10.8 Å². The van der Waals surface area contributed by atoms with Gasteiger partial charge in [0, 0.05) is 24.1 Å². The van der Waals surface area contributed by atoms with E-state index in [0.29, 0.717) is 11.3 Å². The Morgan fingerprint density at radius 2 is 1.91 bits per heavy atom. The smallest absolute Gasteiger partial charge is 0.293 e. The highest BCUT2D eigenvalue weighted by atomic mass is 16.2. The Morgan fingerprint density at radius 3 is 2.70 bits per heavy atom. The van der Waals surface area contributed by atoms with Crippen molar-refractivity contribution in [3.63, 3.8) is 0 Å². The Morgan fingerprint density at radius 1 is 1.13 bits per heavy atom. The largest absolute Gasteiger partial charge is 0.320 e. The summed E-state index contributed by atoms with van der Waals surface area (Å²) < 4.78 is 1.88. The number of nitrogens with one attached hydrogen (secondary N) is 1. The molecule has 1 amide bonds. The minimum Gasteiger partial charge on any atom is -0.320 e. The summed E-state index contributed by atoms with van der Waals surface area (Å²) in [5, 5.41) is 14.0. The molecule has 2 aromatic carbocycles. The van der Waals surface area contributed by atoms with E-state index in [-0.39, 0.29) is 11.9 Å². The first-order chi connectivity index (χ1) is 11.2. The van der Waals surface area contributed by atoms with E-state index in [2.05, 4.69) is 11.4 Å². The van der Waals surface area contributed by atoms with E-state index in [1.807, 2.05) is 54.2 Å². The van der Waals surface area contributed by atoms with Crippen LogP contribution in [0, 0.1) is 11.3 Å². The molecule has 1 heterocycles. The van der Waals surface area contributed by atoms with Gasteiger partial charge in [0.05, 0.1) is 11.6 Å². The second-order valence-corrected chi connectivity index (χ2v) is 5.38. The molecule has 0 spiro atoms. The maximum atomic E-state index is 12.4. The molecule has 1 atom stereocenters. The first kappa shape index (κ1) is 14.7. The molecule has 4 nitrogen and oxygen atoms in total. The molecule has 0 aliphatic rings. The van der Waals surface area contributed by atoms with Crippen LogP contribution < -0.4 is 9.88 Å². The van der Waals surface area contributed by atoms with E-state index in [1.165, 1.54) is 0 Å². The number of fused-ring (bicyclic) bond motifs is 1. The van der Waals surface area contributed by atoms with Crippen molar-refractivity contribution in [1.82, 2.24) is 0 Å². The normalized spacial score (nSPS) is 11.7. The van der Waals surface area contributed by atoms with Crippen molar-refractivity contribution in [2.24, 2.45) is 0 Å². The van der Waals surface area contributed by atoms with Gasteiger partial charge in [-0.2, -0.15) is 9.83 Å². The molecule has 1 N–H and O–H groups in total. The summed E-state index contributed by atoms with van der Waals surface area (Å²) in [5.41, 5.74) is 1.15. The summed E-state index contributed by atoms with van der Waals surface area (Å²) in [5.74, 6) is -0.125. The summed E-state index contributed by atoms with van der Waals surface area (Å²) in [6.07, 6.45) is 3.86. The number of hydrogen-bond acceptors (Lipinski definition) is 2. The number of aromatic nitrogens is 1.